The average molecular weight is 569 g/mol. The van der Waals surface area contributed by atoms with Gasteiger partial charge in [-0.15, -0.1) is 0 Å². The van der Waals surface area contributed by atoms with Crippen LogP contribution in [0.5, 0.6) is 5.75 Å². The van der Waals surface area contributed by atoms with Crippen LogP contribution in [0.3, 0.4) is 0 Å². The number of anilines is 1. The zero-order valence-corrected chi connectivity index (χ0v) is 24.1. The fourth-order valence-corrected chi connectivity index (χ4v) is 7.42. The molecule has 3 heterocycles. The molecule has 7 rings (SSSR count). The quantitative estimate of drug-likeness (QED) is 0.253. The van der Waals surface area contributed by atoms with Crippen molar-refractivity contribution >= 4 is 29.2 Å². The highest BCUT2D eigenvalue weighted by atomic mass is 16.5. The van der Waals surface area contributed by atoms with Crippen molar-refractivity contribution in [2.24, 2.45) is 5.92 Å². The number of ketones is 2. The van der Waals surface area contributed by atoms with Gasteiger partial charge in [0.2, 0.25) is 5.91 Å². The zero-order chi connectivity index (χ0) is 29.7. The molecule has 0 saturated carbocycles. The van der Waals surface area contributed by atoms with Gasteiger partial charge in [0.1, 0.15) is 17.2 Å². The molecule has 4 aromatic rings. The van der Waals surface area contributed by atoms with Crippen LogP contribution >= 0.6 is 0 Å². The first-order valence-corrected chi connectivity index (χ1v) is 14.8. The molecule has 1 amide bonds. The van der Waals surface area contributed by atoms with Crippen molar-refractivity contribution in [2.75, 3.05) is 12.4 Å². The normalized spacial score (nSPS) is 23.0. The highest BCUT2D eigenvalue weighted by Gasteiger charge is 2.70. The molecule has 4 atom stereocenters. The van der Waals surface area contributed by atoms with Crippen LogP contribution in [-0.4, -0.2) is 35.5 Å². The topological polar surface area (TPSA) is 75.7 Å². The number of hydrogen-bond donors (Lipinski definition) is 1. The summed E-state index contributed by atoms with van der Waals surface area (Å²) in [5.41, 5.74) is 3.99. The van der Waals surface area contributed by atoms with E-state index in [9.17, 15) is 14.4 Å². The van der Waals surface area contributed by atoms with Crippen LogP contribution in [0.1, 0.15) is 62.4 Å². The third-order valence-electron chi connectivity index (χ3n) is 9.25. The number of nitrogens with one attached hydrogen (secondary N) is 1. The molecule has 1 fully saturated rings. The minimum atomic E-state index is -1.35. The number of ether oxygens (including phenoxy) is 1. The van der Waals surface area contributed by atoms with E-state index < -0.39 is 23.4 Å². The molecule has 3 aliphatic heterocycles. The number of carbonyl (C=O) groups excluding carboxylic acids is 3. The molecule has 1 spiro atoms. The van der Waals surface area contributed by atoms with Gasteiger partial charge in [0.05, 0.1) is 19.1 Å². The molecule has 0 bridgehead atoms. The molecule has 214 valence electrons. The van der Waals surface area contributed by atoms with Gasteiger partial charge in [-0.3, -0.25) is 14.4 Å². The van der Waals surface area contributed by atoms with E-state index in [0.717, 1.165) is 35.1 Å². The lowest BCUT2D eigenvalue weighted by Gasteiger charge is -2.38. The Morgan fingerprint density at radius 3 is 2.44 bits per heavy atom. The lowest BCUT2D eigenvalue weighted by molar-refractivity contribution is -0.122. The van der Waals surface area contributed by atoms with Crippen LogP contribution in [0.15, 0.2) is 103 Å². The van der Waals surface area contributed by atoms with Gasteiger partial charge in [-0.05, 0) is 52.9 Å². The monoisotopic (exact) mass is 568 g/mol. The van der Waals surface area contributed by atoms with Crippen LogP contribution in [0.25, 0.3) is 6.08 Å². The number of hydrogen-bond acceptors (Lipinski definition) is 5. The van der Waals surface area contributed by atoms with Gasteiger partial charge >= 0.3 is 0 Å². The number of fused-ring (bicyclic) bond motifs is 6. The summed E-state index contributed by atoms with van der Waals surface area (Å²) in [5.74, 6) is -1.18. The number of para-hydroxylation sites is 1. The largest absolute Gasteiger partial charge is 0.497 e. The zero-order valence-electron chi connectivity index (χ0n) is 24.1. The lowest BCUT2D eigenvalue weighted by Crippen LogP contribution is -2.49. The highest BCUT2D eigenvalue weighted by Crippen LogP contribution is 2.62. The lowest BCUT2D eigenvalue weighted by atomic mass is 9.62. The number of carbonyl (C=O) groups is 3. The van der Waals surface area contributed by atoms with Crippen molar-refractivity contribution < 1.29 is 19.1 Å². The van der Waals surface area contributed by atoms with Crippen molar-refractivity contribution in [3.63, 3.8) is 0 Å². The Labute approximate surface area is 251 Å². The minimum Gasteiger partial charge on any atom is -0.497 e. The maximum Gasteiger partial charge on any atom is 0.238 e. The molecular weight excluding hydrogens is 536 g/mol. The molecule has 1 N–H and O–H groups in total. The summed E-state index contributed by atoms with van der Waals surface area (Å²) >= 11 is 0. The molecule has 0 aliphatic carbocycles. The van der Waals surface area contributed by atoms with Gasteiger partial charge in [-0.25, -0.2) is 0 Å². The highest BCUT2D eigenvalue weighted by molar-refractivity contribution is 6.16. The molecule has 0 radical (unpaired) electrons. The Bertz CT molecular complexity index is 1790. The molecule has 1 saturated heterocycles. The number of rotatable bonds is 7. The van der Waals surface area contributed by atoms with Crippen LogP contribution in [0, 0.1) is 5.92 Å². The summed E-state index contributed by atoms with van der Waals surface area (Å²) in [4.78, 5) is 46.2. The smallest absolute Gasteiger partial charge is 0.238 e. The van der Waals surface area contributed by atoms with Crippen molar-refractivity contribution in [3.05, 3.63) is 137 Å². The van der Waals surface area contributed by atoms with Crippen LogP contribution < -0.4 is 10.1 Å². The van der Waals surface area contributed by atoms with Gasteiger partial charge in [-0.1, -0.05) is 92.2 Å². The minimum absolute atomic E-state index is 0.226. The van der Waals surface area contributed by atoms with Crippen LogP contribution in [0.4, 0.5) is 5.69 Å². The van der Waals surface area contributed by atoms with E-state index in [0.29, 0.717) is 22.6 Å². The second-order valence-corrected chi connectivity index (χ2v) is 11.5. The average Bonchev–Trinajstić information content (AvgIpc) is 3.53. The Kier molecular flexibility index (Phi) is 6.50. The van der Waals surface area contributed by atoms with E-state index in [1.807, 2.05) is 90.0 Å². The first-order chi connectivity index (χ1) is 21.0. The Hall–Kier alpha value is -4.97. The summed E-state index contributed by atoms with van der Waals surface area (Å²) in [6, 6.07) is 28.6. The summed E-state index contributed by atoms with van der Waals surface area (Å²) < 4.78 is 5.44. The van der Waals surface area contributed by atoms with Gasteiger partial charge in [0.15, 0.2) is 11.6 Å². The molecule has 3 aliphatic rings. The molecule has 0 aromatic heterocycles. The molecular formula is C37H32N2O4. The number of aryl methyl sites for hydroxylation is 1. The number of methoxy groups -OCH3 is 1. The molecule has 43 heavy (non-hydrogen) atoms. The van der Waals surface area contributed by atoms with Crippen molar-refractivity contribution in [3.8, 4) is 5.75 Å². The van der Waals surface area contributed by atoms with Crippen LogP contribution in [0.2, 0.25) is 0 Å². The number of benzene rings is 4. The second-order valence-electron chi connectivity index (χ2n) is 11.5. The van der Waals surface area contributed by atoms with E-state index in [4.69, 9.17) is 4.74 Å². The summed E-state index contributed by atoms with van der Waals surface area (Å²) in [7, 11) is 1.56. The maximum absolute atomic E-state index is 14.9. The van der Waals surface area contributed by atoms with E-state index in [1.165, 1.54) is 0 Å². The van der Waals surface area contributed by atoms with Gasteiger partial charge < -0.3 is 15.0 Å². The van der Waals surface area contributed by atoms with Crippen molar-refractivity contribution in [1.82, 2.24) is 4.90 Å². The summed E-state index contributed by atoms with van der Waals surface area (Å²) in [6.45, 7) is 2.12. The first kappa shape index (κ1) is 26.9. The summed E-state index contributed by atoms with van der Waals surface area (Å²) in [6.07, 6.45) is 5.77. The Morgan fingerprint density at radius 2 is 1.65 bits per heavy atom. The maximum atomic E-state index is 14.9. The van der Waals surface area contributed by atoms with Gasteiger partial charge in [0, 0.05) is 23.0 Å². The van der Waals surface area contributed by atoms with Crippen molar-refractivity contribution in [2.45, 2.75) is 37.3 Å². The predicted octanol–water partition coefficient (Wildman–Crippen LogP) is 6.63. The number of Topliss-reactive ketones (excluding diaryl/α,β-unsaturated/α-hetero) is 2. The fraction of sp³-hybridized carbons (Fsp3) is 0.216. The van der Waals surface area contributed by atoms with Gasteiger partial charge in [-0.2, -0.15) is 0 Å². The van der Waals surface area contributed by atoms with Gasteiger partial charge in [0.25, 0.3) is 0 Å². The standard InChI is InChI=1S/C37H32N2O4/c1-3-9-23-16-18-25(19-17-23)33(40)31-32(34(41)26-11-8-12-27(22-26)43-2)39-21-20-24-10-4-5-13-28(24)35(39)37(31)29-14-6-7-15-30(29)38-36(37)42/h4-8,10-22,31-32,35H,3,9H2,1-2H3,(H,38,42)/t31-,32+,35-,37-/m0/s1. The fourth-order valence-electron chi connectivity index (χ4n) is 7.42. The Balaban J connectivity index is 1.50. The molecule has 6 heteroatoms. The van der Waals surface area contributed by atoms with Crippen molar-refractivity contribution in [1.29, 1.82) is 0 Å². The van der Waals surface area contributed by atoms with Crippen LogP contribution in [-0.2, 0) is 16.6 Å². The molecule has 6 nitrogen and oxygen atoms in total. The molecule has 0 unspecified atom stereocenters. The third-order valence-corrected chi connectivity index (χ3v) is 9.25. The predicted molar refractivity (Wildman–Crippen MR) is 166 cm³/mol. The number of nitrogens with zero attached hydrogens (tertiary/aromatic N) is 1. The second kappa shape index (κ2) is 10.4. The SMILES string of the molecule is CCCc1ccc(C(=O)[C@@H]2[C@H](C(=O)c3cccc(OC)c3)N3C=Cc4ccccc4[C@H]3[C@@]23C(=O)Nc2ccccc23)cc1. The first-order valence-electron chi connectivity index (χ1n) is 14.8. The van der Waals surface area contributed by atoms with E-state index in [-0.39, 0.29) is 17.5 Å². The molecule has 4 aromatic carbocycles. The van der Waals surface area contributed by atoms with E-state index in [1.54, 1.807) is 31.4 Å². The third kappa shape index (κ3) is 3.97. The van der Waals surface area contributed by atoms with E-state index in [2.05, 4.69) is 12.2 Å². The number of amides is 1. The van der Waals surface area contributed by atoms with E-state index >= 15 is 0 Å². The Morgan fingerprint density at radius 1 is 0.884 bits per heavy atom. The summed E-state index contributed by atoms with van der Waals surface area (Å²) in [5, 5.41) is 3.10.